The molecule has 1 aromatic rings. The Morgan fingerprint density at radius 3 is 2.94 bits per heavy atom. The quantitative estimate of drug-likeness (QED) is 0.705. The monoisotopic (exact) mass is 230 g/mol. The zero-order valence-electron chi connectivity index (χ0n) is 10.3. The molecular formula is C14H18N2O. The number of rotatable bonds is 6. The van der Waals surface area contributed by atoms with Crippen molar-refractivity contribution in [1.29, 1.82) is 5.26 Å². The molecule has 0 unspecified atom stereocenters. The molecule has 0 amide bonds. The number of Topliss-reactive ketones (excluding diaryl/α,β-unsaturated/α-hetero) is 1. The van der Waals surface area contributed by atoms with Crippen molar-refractivity contribution in [1.82, 2.24) is 4.57 Å². The molecular weight excluding hydrogens is 212 g/mol. The highest BCUT2D eigenvalue weighted by Gasteiger charge is 2.42. The van der Waals surface area contributed by atoms with E-state index in [1.54, 1.807) is 0 Å². The summed E-state index contributed by atoms with van der Waals surface area (Å²) in [5, 5.41) is 8.77. The van der Waals surface area contributed by atoms with Gasteiger partial charge in [-0.2, -0.15) is 5.26 Å². The predicted octanol–water partition coefficient (Wildman–Crippen LogP) is 3.16. The van der Waals surface area contributed by atoms with Gasteiger partial charge in [0.15, 0.2) is 5.78 Å². The van der Waals surface area contributed by atoms with Gasteiger partial charge in [-0.3, -0.25) is 4.79 Å². The van der Waals surface area contributed by atoms with Crippen molar-refractivity contribution in [2.45, 2.75) is 45.6 Å². The summed E-state index contributed by atoms with van der Waals surface area (Å²) in [4.78, 5) is 11.7. The first-order valence-corrected chi connectivity index (χ1v) is 6.25. The molecule has 0 bridgehead atoms. The number of carbonyl (C=O) groups is 1. The van der Waals surface area contributed by atoms with Crippen molar-refractivity contribution in [2.75, 3.05) is 0 Å². The third kappa shape index (κ3) is 2.76. The molecule has 1 fully saturated rings. The van der Waals surface area contributed by atoms with Crippen LogP contribution in [0.3, 0.4) is 0 Å². The summed E-state index contributed by atoms with van der Waals surface area (Å²) in [7, 11) is 0. The first-order valence-electron chi connectivity index (χ1n) is 6.25. The molecule has 90 valence electrons. The Bertz CT molecular complexity index is 449. The summed E-state index contributed by atoms with van der Waals surface area (Å²) in [6.45, 7) is 2.89. The molecule has 0 spiro atoms. The van der Waals surface area contributed by atoms with E-state index >= 15 is 0 Å². The normalized spacial score (nSPS) is 16.5. The number of ketones is 1. The predicted molar refractivity (Wildman–Crippen MR) is 65.6 cm³/mol. The van der Waals surface area contributed by atoms with Crippen LogP contribution in [0.5, 0.6) is 0 Å². The lowest BCUT2D eigenvalue weighted by Gasteiger charge is -2.11. The lowest BCUT2D eigenvalue weighted by molar-refractivity contribution is 0.0981. The Labute approximate surface area is 102 Å². The van der Waals surface area contributed by atoms with Crippen molar-refractivity contribution in [3.63, 3.8) is 0 Å². The zero-order chi connectivity index (χ0) is 12.3. The third-order valence-electron chi connectivity index (χ3n) is 3.48. The van der Waals surface area contributed by atoms with E-state index in [4.69, 9.17) is 5.26 Å². The number of nitrogens with zero attached hydrogens (tertiary/aromatic N) is 2. The van der Waals surface area contributed by atoms with Crippen molar-refractivity contribution in [2.24, 2.45) is 5.41 Å². The molecule has 3 nitrogen and oxygen atoms in total. The van der Waals surface area contributed by atoms with Gasteiger partial charge < -0.3 is 4.57 Å². The van der Waals surface area contributed by atoms with Crippen LogP contribution in [0.4, 0.5) is 0 Å². The van der Waals surface area contributed by atoms with Crippen LogP contribution in [0.25, 0.3) is 0 Å². The second kappa shape index (κ2) is 4.75. The molecule has 0 atom stereocenters. The van der Waals surface area contributed by atoms with Crippen molar-refractivity contribution < 1.29 is 4.79 Å². The summed E-state index contributed by atoms with van der Waals surface area (Å²) < 4.78 is 2.06. The lowest BCUT2D eigenvalue weighted by Crippen LogP contribution is -2.09. The highest BCUT2D eigenvalue weighted by atomic mass is 16.1. The Morgan fingerprint density at radius 2 is 2.35 bits per heavy atom. The lowest BCUT2D eigenvalue weighted by atomic mass is 10.0. The zero-order valence-corrected chi connectivity index (χ0v) is 10.3. The molecule has 1 aromatic heterocycles. The maximum absolute atomic E-state index is 11.7. The minimum Gasteiger partial charge on any atom is -0.353 e. The molecule has 3 heteroatoms. The topological polar surface area (TPSA) is 45.8 Å². The first-order chi connectivity index (χ1) is 8.19. The number of hydrogen-bond donors (Lipinski definition) is 0. The fraction of sp³-hybridized carbons (Fsp3) is 0.571. The van der Waals surface area contributed by atoms with E-state index in [1.165, 1.54) is 0 Å². The van der Waals surface area contributed by atoms with E-state index in [0.717, 1.165) is 31.4 Å². The number of nitriles is 1. The van der Waals surface area contributed by atoms with Gasteiger partial charge in [0.25, 0.3) is 0 Å². The summed E-state index contributed by atoms with van der Waals surface area (Å²) in [6.07, 6.45) is 8.29. The minimum atomic E-state index is 0.193. The molecule has 0 N–H and O–H groups in total. The fourth-order valence-electron chi connectivity index (χ4n) is 2.20. The molecule has 0 aromatic carbocycles. The van der Waals surface area contributed by atoms with E-state index in [2.05, 4.69) is 10.6 Å². The van der Waals surface area contributed by atoms with Crippen molar-refractivity contribution >= 4 is 5.78 Å². The smallest absolute Gasteiger partial charge is 0.164 e. The standard InChI is InChI=1S/C14H18N2O/c1-2-3-13(17)12-4-9-16(10-12)11-14(5-6-14)7-8-15/h4,9-10H,2-3,5-7,11H2,1H3. The molecule has 17 heavy (non-hydrogen) atoms. The van der Waals surface area contributed by atoms with Crippen LogP contribution in [0.2, 0.25) is 0 Å². The Morgan fingerprint density at radius 1 is 1.59 bits per heavy atom. The van der Waals surface area contributed by atoms with Crippen molar-refractivity contribution in [3.05, 3.63) is 24.0 Å². The Hall–Kier alpha value is -1.56. The van der Waals surface area contributed by atoms with E-state index in [1.807, 2.05) is 25.4 Å². The van der Waals surface area contributed by atoms with E-state index < -0.39 is 0 Å². The van der Waals surface area contributed by atoms with Crippen LogP contribution in [0, 0.1) is 16.7 Å². The third-order valence-corrected chi connectivity index (χ3v) is 3.48. The van der Waals surface area contributed by atoms with Gasteiger partial charge in [-0.1, -0.05) is 6.92 Å². The number of aromatic nitrogens is 1. The second-order valence-electron chi connectivity index (χ2n) is 5.08. The SMILES string of the molecule is CCCC(=O)c1ccn(CC2(CC#N)CC2)c1. The van der Waals surface area contributed by atoms with Crippen LogP contribution in [-0.4, -0.2) is 10.4 Å². The summed E-state index contributed by atoms with van der Waals surface area (Å²) in [5.74, 6) is 0.219. The van der Waals surface area contributed by atoms with Crippen LogP contribution in [-0.2, 0) is 6.54 Å². The maximum Gasteiger partial charge on any atom is 0.164 e. The van der Waals surface area contributed by atoms with Gasteiger partial charge >= 0.3 is 0 Å². The molecule has 1 aliphatic carbocycles. The van der Waals surface area contributed by atoms with Crippen LogP contribution in [0.15, 0.2) is 18.5 Å². The van der Waals surface area contributed by atoms with Gasteiger partial charge in [0.1, 0.15) is 0 Å². The summed E-state index contributed by atoms with van der Waals surface area (Å²) in [6, 6.07) is 4.15. The molecule has 0 saturated heterocycles. The highest BCUT2D eigenvalue weighted by Crippen LogP contribution is 2.49. The minimum absolute atomic E-state index is 0.193. The molecule has 1 heterocycles. The van der Waals surface area contributed by atoms with Crippen LogP contribution in [0.1, 0.15) is 49.4 Å². The molecule has 2 rings (SSSR count). The van der Waals surface area contributed by atoms with Gasteiger partial charge in [-0.15, -0.1) is 0 Å². The summed E-state index contributed by atoms with van der Waals surface area (Å²) in [5.41, 5.74) is 0.998. The van der Waals surface area contributed by atoms with Crippen LogP contribution >= 0.6 is 0 Å². The number of hydrogen-bond acceptors (Lipinski definition) is 2. The first kappa shape index (κ1) is 11.9. The Balaban J connectivity index is 1.99. The van der Waals surface area contributed by atoms with E-state index in [9.17, 15) is 4.79 Å². The average Bonchev–Trinajstić information content (AvgIpc) is 2.89. The van der Waals surface area contributed by atoms with Crippen molar-refractivity contribution in [3.8, 4) is 6.07 Å². The average molecular weight is 230 g/mol. The van der Waals surface area contributed by atoms with Gasteiger partial charge in [0.2, 0.25) is 0 Å². The molecule has 0 radical (unpaired) electrons. The van der Waals surface area contributed by atoms with Crippen LogP contribution < -0.4 is 0 Å². The van der Waals surface area contributed by atoms with E-state index in [-0.39, 0.29) is 11.2 Å². The summed E-state index contributed by atoms with van der Waals surface area (Å²) >= 11 is 0. The second-order valence-corrected chi connectivity index (χ2v) is 5.08. The van der Waals surface area contributed by atoms with E-state index in [0.29, 0.717) is 12.8 Å². The largest absolute Gasteiger partial charge is 0.353 e. The molecule has 1 saturated carbocycles. The Kier molecular flexibility index (Phi) is 3.33. The van der Waals surface area contributed by atoms with Gasteiger partial charge in [0, 0.05) is 42.8 Å². The molecule has 1 aliphatic rings. The molecule has 0 aliphatic heterocycles. The number of carbonyl (C=O) groups excluding carboxylic acids is 1. The fourth-order valence-corrected chi connectivity index (χ4v) is 2.20. The van der Waals surface area contributed by atoms with Gasteiger partial charge in [-0.25, -0.2) is 0 Å². The highest BCUT2D eigenvalue weighted by molar-refractivity contribution is 5.95. The maximum atomic E-state index is 11.7. The van der Waals surface area contributed by atoms with Gasteiger partial charge in [0.05, 0.1) is 6.07 Å². The van der Waals surface area contributed by atoms with Gasteiger partial charge in [-0.05, 0) is 25.3 Å².